The second kappa shape index (κ2) is 16.1. The Morgan fingerprint density at radius 3 is 1.89 bits per heavy atom. The summed E-state index contributed by atoms with van der Waals surface area (Å²) in [6.07, 6.45) is 12.3. The number of aliphatic hydroxyl groups is 3. The van der Waals surface area contributed by atoms with Crippen molar-refractivity contribution in [2.75, 3.05) is 13.2 Å². The number of rotatable bonds is 16. The Balaban J connectivity index is 1.96. The Hall–Kier alpha value is -0.690. The average molecular weight is 403 g/mol. The van der Waals surface area contributed by atoms with Crippen LogP contribution in [0.25, 0.3) is 0 Å². The summed E-state index contributed by atoms with van der Waals surface area (Å²) >= 11 is 0. The lowest BCUT2D eigenvalue weighted by molar-refractivity contribution is -0.213. The maximum absolute atomic E-state index is 12.0. The van der Waals surface area contributed by atoms with E-state index in [1.54, 1.807) is 0 Å². The van der Waals surface area contributed by atoms with Gasteiger partial charge in [0, 0.05) is 6.42 Å². The number of hydrogen-bond acceptors (Lipinski definition) is 6. The minimum absolute atomic E-state index is 0.0566. The molecule has 0 unspecified atom stereocenters. The topological polar surface area (TPSA) is 96.2 Å². The van der Waals surface area contributed by atoms with Gasteiger partial charge in [-0.2, -0.15) is 0 Å². The van der Waals surface area contributed by atoms with Gasteiger partial charge in [-0.15, -0.1) is 0 Å². The van der Waals surface area contributed by atoms with E-state index in [-0.39, 0.29) is 13.2 Å². The fourth-order valence-electron chi connectivity index (χ4n) is 3.66. The molecule has 28 heavy (non-hydrogen) atoms. The third-order valence-corrected chi connectivity index (χ3v) is 5.51. The van der Waals surface area contributed by atoms with Gasteiger partial charge in [0.05, 0.1) is 13.2 Å². The highest BCUT2D eigenvalue weighted by Crippen LogP contribution is 2.19. The molecule has 1 aliphatic rings. The smallest absolute Gasteiger partial charge is 0.306 e. The minimum Gasteiger partial charge on any atom is -0.457 e. The van der Waals surface area contributed by atoms with E-state index in [1.165, 1.54) is 64.2 Å². The van der Waals surface area contributed by atoms with E-state index in [0.29, 0.717) is 6.42 Å². The summed E-state index contributed by atoms with van der Waals surface area (Å²) in [5.41, 5.74) is 0. The molecular weight excluding hydrogens is 360 g/mol. The van der Waals surface area contributed by atoms with Gasteiger partial charge in [-0.3, -0.25) is 4.79 Å². The summed E-state index contributed by atoms with van der Waals surface area (Å²) in [7, 11) is 0. The molecule has 1 aliphatic heterocycles. The first-order chi connectivity index (χ1) is 13.6. The lowest BCUT2D eigenvalue weighted by Crippen LogP contribution is -2.55. The van der Waals surface area contributed by atoms with Gasteiger partial charge in [0.15, 0.2) is 6.10 Å². The largest absolute Gasteiger partial charge is 0.457 e. The zero-order chi connectivity index (χ0) is 20.6. The van der Waals surface area contributed by atoms with Crippen molar-refractivity contribution in [2.45, 2.75) is 121 Å². The molecule has 0 amide bonds. The zero-order valence-electron chi connectivity index (χ0n) is 17.7. The van der Waals surface area contributed by atoms with Crippen molar-refractivity contribution in [1.82, 2.24) is 0 Å². The van der Waals surface area contributed by atoms with Crippen molar-refractivity contribution < 1.29 is 29.6 Å². The van der Waals surface area contributed by atoms with E-state index >= 15 is 0 Å². The number of carbonyl (C=O) groups is 1. The molecule has 0 aromatic rings. The molecule has 166 valence electrons. The predicted molar refractivity (Wildman–Crippen MR) is 109 cm³/mol. The SMILES string of the molecule is CCCCCCCCCCCCCCCC(=O)O[C@H]1[C@H](O)[C@@H](CO)OC[C@H]1O. The third kappa shape index (κ3) is 10.7. The first-order valence-corrected chi connectivity index (χ1v) is 11.4. The van der Waals surface area contributed by atoms with Gasteiger partial charge in [-0.25, -0.2) is 0 Å². The van der Waals surface area contributed by atoms with Gasteiger partial charge in [0.25, 0.3) is 0 Å². The highest BCUT2D eigenvalue weighted by Gasteiger charge is 2.40. The van der Waals surface area contributed by atoms with Gasteiger partial charge in [0.1, 0.15) is 18.3 Å². The molecule has 0 aliphatic carbocycles. The van der Waals surface area contributed by atoms with Crippen LogP contribution in [0.4, 0.5) is 0 Å². The Labute approximate surface area is 170 Å². The van der Waals surface area contributed by atoms with E-state index in [9.17, 15) is 15.0 Å². The Morgan fingerprint density at radius 1 is 0.893 bits per heavy atom. The molecule has 0 bridgehead atoms. The molecule has 0 spiro atoms. The van der Waals surface area contributed by atoms with E-state index in [0.717, 1.165) is 19.3 Å². The van der Waals surface area contributed by atoms with Crippen molar-refractivity contribution in [1.29, 1.82) is 0 Å². The minimum atomic E-state index is -1.20. The Bertz CT molecular complexity index is 389. The van der Waals surface area contributed by atoms with Crippen molar-refractivity contribution in [3.05, 3.63) is 0 Å². The maximum atomic E-state index is 12.0. The molecule has 1 heterocycles. The Kier molecular flexibility index (Phi) is 14.6. The van der Waals surface area contributed by atoms with Crippen LogP contribution in [-0.2, 0) is 14.3 Å². The number of carbonyl (C=O) groups excluding carboxylic acids is 1. The van der Waals surface area contributed by atoms with Crippen LogP contribution in [0.1, 0.15) is 96.8 Å². The lowest BCUT2D eigenvalue weighted by atomic mass is 10.0. The quantitative estimate of drug-likeness (QED) is 0.270. The molecule has 0 saturated carbocycles. The molecule has 6 nitrogen and oxygen atoms in total. The van der Waals surface area contributed by atoms with Crippen molar-refractivity contribution in [3.8, 4) is 0 Å². The number of ether oxygens (including phenoxy) is 2. The van der Waals surface area contributed by atoms with Crippen LogP contribution in [0.2, 0.25) is 0 Å². The van der Waals surface area contributed by atoms with E-state index in [2.05, 4.69) is 6.92 Å². The second-order valence-electron chi connectivity index (χ2n) is 8.06. The lowest BCUT2D eigenvalue weighted by Gasteiger charge is -2.36. The van der Waals surface area contributed by atoms with Crippen LogP contribution in [0.5, 0.6) is 0 Å². The summed E-state index contributed by atoms with van der Waals surface area (Å²) in [5.74, 6) is -0.412. The summed E-state index contributed by atoms with van der Waals surface area (Å²) in [5, 5.41) is 29.0. The molecule has 4 atom stereocenters. The first-order valence-electron chi connectivity index (χ1n) is 11.4. The van der Waals surface area contributed by atoms with Crippen molar-refractivity contribution >= 4 is 5.97 Å². The van der Waals surface area contributed by atoms with Crippen molar-refractivity contribution in [3.63, 3.8) is 0 Å². The van der Waals surface area contributed by atoms with Gasteiger partial charge >= 0.3 is 5.97 Å². The molecule has 3 N–H and O–H groups in total. The number of esters is 1. The summed E-state index contributed by atoms with van der Waals surface area (Å²) in [6.45, 7) is 1.82. The van der Waals surface area contributed by atoms with Crippen LogP contribution < -0.4 is 0 Å². The van der Waals surface area contributed by atoms with Gasteiger partial charge < -0.3 is 24.8 Å². The van der Waals surface area contributed by atoms with Crippen LogP contribution >= 0.6 is 0 Å². The van der Waals surface area contributed by atoms with Crippen molar-refractivity contribution in [2.24, 2.45) is 0 Å². The van der Waals surface area contributed by atoms with Gasteiger partial charge in [0.2, 0.25) is 0 Å². The van der Waals surface area contributed by atoms with E-state index in [4.69, 9.17) is 14.6 Å². The molecule has 1 saturated heterocycles. The third-order valence-electron chi connectivity index (χ3n) is 5.51. The average Bonchev–Trinajstić information content (AvgIpc) is 2.69. The number of hydrogen-bond donors (Lipinski definition) is 3. The van der Waals surface area contributed by atoms with Crippen LogP contribution in [0, 0.1) is 0 Å². The van der Waals surface area contributed by atoms with Gasteiger partial charge in [-0.1, -0.05) is 84.0 Å². The molecule has 0 aromatic heterocycles. The van der Waals surface area contributed by atoms with E-state index < -0.39 is 30.4 Å². The van der Waals surface area contributed by atoms with Gasteiger partial charge in [-0.05, 0) is 6.42 Å². The molecule has 6 heteroatoms. The molecule has 1 fully saturated rings. The molecule has 0 aromatic carbocycles. The highest BCUT2D eigenvalue weighted by atomic mass is 16.6. The van der Waals surface area contributed by atoms with Crippen LogP contribution in [0.15, 0.2) is 0 Å². The summed E-state index contributed by atoms with van der Waals surface area (Å²) < 4.78 is 10.3. The fourth-order valence-corrected chi connectivity index (χ4v) is 3.66. The predicted octanol–water partition coefficient (Wildman–Crippen LogP) is 3.49. The normalized spacial score (nSPS) is 25.0. The number of aliphatic hydroxyl groups excluding tert-OH is 3. The van der Waals surface area contributed by atoms with E-state index in [1.807, 2.05) is 0 Å². The summed E-state index contributed by atoms with van der Waals surface area (Å²) in [4.78, 5) is 12.0. The fraction of sp³-hybridized carbons (Fsp3) is 0.955. The maximum Gasteiger partial charge on any atom is 0.306 e. The highest BCUT2D eigenvalue weighted by molar-refractivity contribution is 5.69. The molecule has 0 radical (unpaired) electrons. The summed E-state index contributed by atoms with van der Waals surface area (Å²) in [6, 6.07) is 0. The van der Waals surface area contributed by atoms with Crippen LogP contribution in [-0.4, -0.2) is 58.9 Å². The van der Waals surface area contributed by atoms with Crippen LogP contribution in [0.3, 0.4) is 0 Å². The monoisotopic (exact) mass is 402 g/mol. The standard InChI is InChI=1S/C22H42O6/c1-2-3-4-5-6-7-8-9-10-11-12-13-14-15-20(25)28-22-18(24)17-27-19(16-23)21(22)26/h18-19,21-24,26H,2-17H2,1H3/t18-,19-,21-,22-/m1/s1. The first kappa shape index (κ1) is 25.3. The number of unbranched alkanes of at least 4 members (excludes halogenated alkanes) is 12. The zero-order valence-corrected chi connectivity index (χ0v) is 17.7. The Morgan fingerprint density at radius 2 is 1.39 bits per heavy atom. The molecular formula is C22H42O6. The second-order valence-corrected chi connectivity index (χ2v) is 8.06. The molecule has 1 rings (SSSR count).